The zero-order valence-corrected chi connectivity index (χ0v) is 15.9. The van der Waals surface area contributed by atoms with Crippen LogP contribution in [0.15, 0.2) is 22.5 Å². The van der Waals surface area contributed by atoms with Crippen molar-refractivity contribution in [1.82, 2.24) is 15.5 Å². The van der Waals surface area contributed by atoms with Crippen LogP contribution in [0.4, 0.5) is 0 Å². The lowest BCUT2D eigenvalue weighted by molar-refractivity contribution is -0.137. The molecule has 0 radical (unpaired) electrons. The van der Waals surface area contributed by atoms with Gasteiger partial charge in [0.1, 0.15) is 0 Å². The zero-order valence-electron chi connectivity index (χ0n) is 15.9. The highest BCUT2D eigenvalue weighted by molar-refractivity contribution is 6.25. The van der Waals surface area contributed by atoms with Gasteiger partial charge in [-0.3, -0.25) is 9.59 Å². The Morgan fingerprint density at radius 1 is 1.30 bits per heavy atom. The van der Waals surface area contributed by atoms with Gasteiger partial charge in [0.25, 0.3) is 0 Å². The molecule has 3 aliphatic heterocycles. The van der Waals surface area contributed by atoms with Gasteiger partial charge in [-0.25, -0.2) is 0 Å². The standard InChI is InChI=1S/C18H25N3O6/c1-8-13(19-5-11(25-2)26-3)16(24)12-9(7-22)18(27-4)17-10(20-17)6-21(18)14(12)15(8)23/h9-11,17,19-20,22H,5-7H2,1-4H3. The summed E-state index contributed by atoms with van der Waals surface area (Å²) in [5.74, 6) is -1.09. The number of aliphatic hydroxyl groups is 1. The van der Waals surface area contributed by atoms with Gasteiger partial charge in [-0.2, -0.15) is 0 Å². The fourth-order valence-corrected chi connectivity index (χ4v) is 4.81. The number of nitrogens with one attached hydrogen (secondary N) is 2. The maximum atomic E-state index is 13.3. The van der Waals surface area contributed by atoms with Gasteiger partial charge in [0.2, 0.25) is 11.6 Å². The quantitative estimate of drug-likeness (QED) is 0.276. The second-order valence-corrected chi connectivity index (χ2v) is 7.25. The molecule has 0 saturated carbocycles. The summed E-state index contributed by atoms with van der Waals surface area (Å²) < 4.78 is 16.1. The van der Waals surface area contributed by atoms with Crippen LogP contribution < -0.4 is 10.6 Å². The fourth-order valence-electron chi connectivity index (χ4n) is 4.81. The summed E-state index contributed by atoms with van der Waals surface area (Å²) in [6, 6.07) is 0.206. The lowest BCUT2D eigenvalue weighted by Crippen LogP contribution is -2.54. The summed E-state index contributed by atoms with van der Waals surface area (Å²) in [6.07, 6.45) is -0.550. The second kappa shape index (κ2) is 6.39. The average Bonchev–Trinajstić information content (AvgIpc) is 3.28. The summed E-state index contributed by atoms with van der Waals surface area (Å²) in [6.45, 7) is 2.16. The number of nitrogens with zero attached hydrogens (tertiary/aromatic N) is 1. The Balaban J connectivity index is 1.70. The minimum atomic E-state index is -0.896. The van der Waals surface area contributed by atoms with E-state index in [-0.39, 0.29) is 42.5 Å². The summed E-state index contributed by atoms with van der Waals surface area (Å²) in [7, 11) is 4.56. The lowest BCUT2D eigenvalue weighted by atomic mass is 9.82. The van der Waals surface area contributed by atoms with Gasteiger partial charge in [0.15, 0.2) is 12.0 Å². The van der Waals surface area contributed by atoms with Crippen LogP contribution in [0.5, 0.6) is 0 Å². The summed E-state index contributed by atoms with van der Waals surface area (Å²) in [5, 5.41) is 16.4. The Kier molecular flexibility index (Phi) is 4.39. The minimum Gasteiger partial charge on any atom is -0.396 e. The Morgan fingerprint density at radius 2 is 2.00 bits per heavy atom. The Bertz CT molecular complexity index is 758. The maximum absolute atomic E-state index is 13.3. The highest BCUT2D eigenvalue weighted by Crippen LogP contribution is 2.55. The van der Waals surface area contributed by atoms with Crippen LogP contribution in [0.25, 0.3) is 0 Å². The third kappa shape index (κ3) is 2.29. The summed E-state index contributed by atoms with van der Waals surface area (Å²) in [5.41, 5.74) is 0.377. The molecule has 9 nitrogen and oxygen atoms in total. The van der Waals surface area contributed by atoms with E-state index in [2.05, 4.69) is 10.6 Å². The number of hydrogen-bond acceptors (Lipinski definition) is 9. The molecule has 4 unspecified atom stereocenters. The normalized spacial score (nSPS) is 34.4. The highest BCUT2D eigenvalue weighted by Gasteiger charge is 2.72. The molecule has 3 N–H and O–H groups in total. The number of Topliss-reactive ketones (excluding diaryl/α,β-unsaturated/α-hetero) is 2. The third-order valence-corrected chi connectivity index (χ3v) is 6.19. The monoisotopic (exact) mass is 379 g/mol. The molecule has 0 aromatic rings. The van der Waals surface area contributed by atoms with Gasteiger partial charge in [0.05, 0.1) is 36.5 Å². The molecule has 4 atom stereocenters. The molecule has 2 fully saturated rings. The number of carbonyl (C=O) groups is 2. The minimum absolute atomic E-state index is 0.00562. The van der Waals surface area contributed by atoms with Crippen molar-refractivity contribution in [2.24, 2.45) is 5.92 Å². The van der Waals surface area contributed by atoms with Crippen molar-refractivity contribution in [3.63, 3.8) is 0 Å². The molecule has 27 heavy (non-hydrogen) atoms. The van der Waals surface area contributed by atoms with Gasteiger partial charge in [-0.15, -0.1) is 0 Å². The van der Waals surface area contributed by atoms with Crippen LogP contribution in [-0.2, 0) is 23.8 Å². The molecule has 9 heteroatoms. The second-order valence-electron chi connectivity index (χ2n) is 7.25. The molecule has 0 aromatic carbocycles. The van der Waals surface area contributed by atoms with E-state index in [1.165, 1.54) is 14.2 Å². The number of rotatable bonds is 7. The number of ketones is 2. The van der Waals surface area contributed by atoms with Gasteiger partial charge in [-0.1, -0.05) is 0 Å². The molecule has 1 aliphatic carbocycles. The summed E-state index contributed by atoms with van der Waals surface area (Å²) in [4.78, 5) is 28.3. The van der Waals surface area contributed by atoms with Crippen LogP contribution >= 0.6 is 0 Å². The van der Waals surface area contributed by atoms with Crippen LogP contribution in [0.3, 0.4) is 0 Å². The highest BCUT2D eigenvalue weighted by atomic mass is 16.7. The van der Waals surface area contributed by atoms with E-state index >= 15 is 0 Å². The molecule has 4 aliphatic rings. The maximum Gasteiger partial charge on any atom is 0.208 e. The molecular weight excluding hydrogens is 354 g/mol. The van der Waals surface area contributed by atoms with Gasteiger partial charge in [0, 0.05) is 45.1 Å². The number of hydrogen-bond donors (Lipinski definition) is 3. The molecular formula is C18H25N3O6. The lowest BCUT2D eigenvalue weighted by Gasteiger charge is -2.39. The number of aliphatic hydroxyl groups excluding tert-OH is 1. The molecule has 0 spiro atoms. The third-order valence-electron chi connectivity index (χ3n) is 6.19. The van der Waals surface area contributed by atoms with Gasteiger partial charge < -0.3 is 34.9 Å². The van der Waals surface area contributed by atoms with E-state index in [9.17, 15) is 14.7 Å². The first-order valence-corrected chi connectivity index (χ1v) is 8.99. The van der Waals surface area contributed by atoms with Crippen molar-refractivity contribution < 1.29 is 28.9 Å². The van der Waals surface area contributed by atoms with E-state index in [4.69, 9.17) is 14.2 Å². The number of carbonyl (C=O) groups excluding carboxylic acids is 2. The van der Waals surface area contributed by atoms with Crippen LogP contribution in [0.1, 0.15) is 6.92 Å². The predicted molar refractivity (Wildman–Crippen MR) is 93.3 cm³/mol. The van der Waals surface area contributed by atoms with E-state index in [0.29, 0.717) is 23.4 Å². The molecule has 0 amide bonds. The van der Waals surface area contributed by atoms with Crippen molar-refractivity contribution in [2.45, 2.75) is 31.0 Å². The largest absolute Gasteiger partial charge is 0.396 e. The molecule has 0 aromatic heterocycles. The number of methoxy groups -OCH3 is 3. The smallest absolute Gasteiger partial charge is 0.208 e. The topological polar surface area (TPSA) is 119 Å². The first kappa shape index (κ1) is 18.6. The van der Waals surface area contributed by atoms with Crippen LogP contribution in [0, 0.1) is 5.92 Å². The van der Waals surface area contributed by atoms with Crippen molar-refractivity contribution >= 4 is 11.6 Å². The van der Waals surface area contributed by atoms with Crippen molar-refractivity contribution in [1.29, 1.82) is 0 Å². The number of fused-ring (bicyclic) bond motifs is 4. The molecule has 3 heterocycles. The Labute approximate surface area is 157 Å². The molecule has 2 saturated heterocycles. The predicted octanol–water partition coefficient (Wildman–Crippen LogP) is -1.50. The first-order valence-electron chi connectivity index (χ1n) is 8.99. The van der Waals surface area contributed by atoms with Gasteiger partial charge >= 0.3 is 0 Å². The molecule has 148 valence electrons. The number of piperazine rings is 1. The number of allylic oxidation sites excluding steroid dienone is 2. The van der Waals surface area contributed by atoms with E-state index in [1.807, 2.05) is 4.90 Å². The van der Waals surface area contributed by atoms with Gasteiger partial charge in [-0.05, 0) is 6.92 Å². The number of ether oxygens (including phenoxy) is 3. The Hall–Kier alpha value is -1.78. The molecule has 0 bridgehead atoms. The van der Waals surface area contributed by atoms with E-state index < -0.39 is 17.9 Å². The first-order chi connectivity index (χ1) is 13.0. The average molecular weight is 379 g/mol. The summed E-state index contributed by atoms with van der Waals surface area (Å²) >= 11 is 0. The molecule has 4 rings (SSSR count). The van der Waals surface area contributed by atoms with E-state index in [0.717, 1.165) is 0 Å². The van der Waals surface area contributed by atoms with Crippen LogP contribution in [0.2, 0.25) is 0 Å². The zero-order chi connectivity index (χ0) is 19.5. The van der Waals surface area contributed by atoms with E-state index in [1.54, 1.807) is 14.0 Å². The van der Waals surface area contributed by atoms with Crippen molar-refractivity contribution in [3.05, 3.63) is 22.5 Å². The SMILES string of the molecule is COC(CNC1=C(C)C(=O)C2=C(C1=O)C(CO)C1(OC)C3NC3CN21)OC. The Morgan fingerprint density at radius 3 is 2.59 bits per heavy atom. The van der Waals surface area contributed by atoms with Crippen molar-refractivity contribution in [2.75, 3.05) is 41.0 Å². The van der Waals surface area contributed by atoms with Crippen molar-refractivity contribution in [3.8, 4) is 0 Å². The fraction of sp³-hybridized carbons (Fsp3) is 0.667. The van der Waals surface area contributed by atoms with Crippen LogP contribution in [-0.4, -0.2) is 86.7 Å².